The molecule has 2 amide bonds. The Morgan fingerprint density at radius 2 is 1.93 bits per heavy atom. The van der Waals surface area contributed by atoms with Crippen LogP contribution in [0, 0.1) is 12.8 Å². The lowest BCUT2D eigenvalue weighted by atomic mass is 9.97. The van der Waals surface area contributed by atoms with E-state index in [9.17, 15) is 9.59 Å². The number of hydrogen-bond donors (Lipinski definition) is 1. The number of thiophene rings is 1. The van der Waals surface area contributed by atoms with E-state index in [-0.39, 0.29) is 24.3 Å². The van der Waals surface area contributed by atoms with Gasteiger partial charge in [-0.3, -0.25) is 14.6 Å². The molecule has 1 N–H and O–H groups in total. The molecule has 1 fully saturated rings. The highest BCUT2D eigenvalue weighted by Crippen LogP contribution is 2.43. The first-order valence-corrected chi connectivity index (χ1v) is 10.1. The molecule has 0 bridgehead atoms. The Morgan fingerprint density at radius 1 is 1.18 bits per heavy atom. The van der Waals surface area contributed by atoms with Crippen molar-refractivity contribution in [1.29, 1.82) is 0 Å². The fourth-order valence-electron chi connectivity index (χ4n) is 3.59. The molecule has 2 atom stereocenters. The number of hydrogen-bond acceptors (Lipinski definition) is 4. The zero-order valence-electron chi connectivity index (χ0n) is 15.5. The van der Waals surface area contributed by atoms with Gasteiger partial charge in [0.15, 0.2) is 0 Å². The first-order chi connectivity index (χ1) is 13.6. The molecule has 1 saturated heterocycles. The highest BCUT2D eigenvalue weighted by Gasteiger charge is 2.45. The second kappa shape index (κ2) is 7.94. The molecule has 6 heteroatoms. The van der Waals surface area contributed by atoms with Crippen LogP contribution in [0.25, 0.3) is 0 Å². The average molecular weight is 391 g/mol. The summed E-state index contributed by atoms with van der Waals surface area (Å²) in [7, 11) is 0. The predicted octanol–water partition coefficient (Wildman–Crippen LogP) is 3.86. The number of carbonyl (C=O) groups is 2. The number of anilines is 1. The fourth-order valence-corrected chi connectivity index (χ4v) is 4.47. The topological polar surface area (TPSA) is 62.3 Å². The van der Waals surface area contributed by atoms with Crippen molar-refractivity contribution in [3.05, 3.63) is 82.3 Å². The number of aromatic nitrogens is 1. The van der Waals surface area contributed by atoms with Gasteiger partial charge in [-0.1, -0.05) is 23.8 Å². The minimum absolute atomic E-state index is 0.0219. The molecule has 2 unspecified atom stereocenters. The Kier molecular flexibility index (Phi) is 5.21. The zero-order chi connectivity index (χ0) is 19.5. The lowest BCUT2D eigenvalue weighted by molar-refractivity contribution is -0.126. The van der Waals surface area contributed by atoms with Crippen LogP contribution in [0.1, 0.15) is 28.5 Å². The number of benzene rings is 1. The smallest absolute Gasteiger partial charge is 0.228 e. The largest absolute Gasteiger partial charge is 0.352 e. The summed E-state index contributed by atoms with van der Waals surface area (Å²) < 4.78 is 0. The normalized spacial score (nSPS) is 19.0. The van der Waals surface area contributed by atoms with Gasteiger partial charge in [-0.25, -0.2) is 0 Å². The number of aryl methyl sites for hydroxylation is 1. The second-order valence-corrected chi connectivity index (χ2v) is 7.92. The summed E-state index contributed by atoms with van der Waals surface area (Å²) >= 11 is 1.58. The monoisotopic (exact) mass is 391 g/mol. The van der Waals surface area contributed by atoms with Gasteiger partial charge >= 0.3 is 0 Å². The van der Waals surface area contributed by atoms with Crippen molar-refractivity contribution in [3.63, 3.8) is 0 Å². The van der Waals surface area contributed by atoms with Gasteiger partial charge in [0, 0.05) is 35.9 Å². The number of pyridine rings is 1. The molecule has 1 aliphatic heterocycles. The maximum atomic E-state index is 13.0. The van der Waals surface area contributed by atoms with Gasteiger partial charge in [-0.15, -0.1) is 11.3 Å². The number of carbonyl (C=O) groups excluding carboxylic acids is 2. The van der Waals surface area contributed by atoms with Crippen molar-refractivity contribution in [3.8, 4) is 0 Å². The van der Waals surface area contributed by atoms with Crippen LogP contribution in [0.3, 0.4) is 0 Å². The van der Waals surface area contributed by atoms with Crippen LogP contribution in [0.15, 0.2) is 66.3 Å². The van der Waals surface area contributed by atoms with E-state index in [1.165, 1.54) is 0 Å². The lowest BCUT2D eigenvalue weighted by Gasteiger charge is -2.27. The van der Waals surface area contributed by atoms with Crippen LogP contribution < -0.4 is 10.2 Å². The summed E-state index contributed by atoms with van der Waals surface area (Å²) in [5, 5.41) is 4.98. The van der Waals surface area contributed by atoms with Gasteiger partial charge in [0.05, 0.1) is 12.0 Å². The van der Waals surface area contributed by atoms with Crippen molar-refractivity contribution < 1.29 is 9.59 Å². The Bertz CT molecular complexity index is 955. The molecule has 28 heavy (non-hydrogen) atoms. The van der Waals surface area contributed by atoms with Gasteiger partial charge < -0.3 is 10.2 Å². The van der Waals surface area contributed by atoms with E-state index in [0.29, 0.717) is 6.54 Å². The Labute approximate surface area is 168 Å². The third-order valence-electron chi connectivity index (χ3n) is 5.02. The number of nitrogens with zero attached hydrogens (tertiary/aromatic N) is 2. The molecule has 142 valence electrons. The maximum Gasteiger partial charge on any atom is 0.228 e. The Balaban J connectivity index is 1.60. The van der Waals surface area contributed by atoms with E-state index < -0.39 is 5.92 Å². The van der Waals surface area contributed by atoms with Gasteiger partial charge in [0.25, 0.3) is 0 Å². The van der Waals surface area contributed by atoms with Crippen LogP contribution in [0.2, 0.25) is 0 Å². The van der Waals surface area contributed by atoms with Crippen molar-refractivity contribution in [1.82, 2.24) is 10.3 Å². The van der Waals surface area contributed by atoms with Crippen LogP contribution in [0.5, 0.6) is 0 Å². The van der Waals surface area contributed by atoms with Crippen molar-refractivity contribution in [2.45, 2.75) is 25.9 Å². The summed E-state index contributed by atoms with van der Waals surface area (Å²) in [6.45, 7) is 2.44. The first kappa shape index (κ1) is 18.4. The number of amides is 2. The van der Waals surface area contributed by atoms with E-state index >= 15 is 0 Å². The molecule has 0 radical (unpaired) electrons. The molecule has 4 rings (SSSR count). The Hall–Kier alpha value is -2.99. The van der Waals surface area contributed by atoms with Crippen molar-refractivity contribution >= 4 is 28.8 Å². The van der Waals surface area contributed by atoms with E-state index in [0.717, 1.165) is 21.7 Å². The van der Waals surface area contributed by atoms with Crippen molar-refractivity contribution in [2.75, 3.05) is 4.90 Å². The minimum atomic E-state index is -0.422. The molecule has 2 aromatic heterocycles. The standard InChI is InChI=1S/C22H21N3O2S/c1-15-4-6-17(7-5-15)25-20(26)13-18(21(25)19-3-2-12-28-19)22(27)24-14-16-8-10-23-11-9-16/h2-12,18,21H,13-14H2,1H3,(H,24,27). The average Bonchev–Trinajstić information content (AvgIpc) is 3.35. The molecule has 5 nitrogen and oxygen atoms in total. The van der Waals surface area contributed by atoms with E-state index in [1.807, 2.05) is 60.8 Å². The SMILES string of the molecule is Cc1ccc(N2C(=O)CC(C(=O)NCc3ccncc3)C2c2cccs2)cc1. The Morgan fingerprint density at radius 3 is 2.61 bits per heavy atom. The van der Waals surface area contributed by atoms with E-state index in [1.54, 1.807) is 28.6 Å². The lowest BCUT2D eigenvalue weighted by Crippen LogP contribution is -2.35. The summed E-state index contributed by atoms with van der Waals surface area (Å²) in [6, 6.07) is 15.3. The number of rotatable bonds is 5. The molecule has 0 spiro atoms. The van der Waals surface area contributed by atoms with E-state index in [4.69, 9.17) is 0 Å². The third kappa shape index (κ3) is 3.68. The molecule has 3 aromatic rings. The van der Waals surface area contributed by atoms with Gasteiger partial charge in [-0.05, 0) is 48.2 Å². The molecule has 0 aliphatic carbocycles. The number of nitrogens with one attached hydrogen (secondary N) is 1. The highest BCUT2D eigenvalue weighted by molar-refractivity contribution is 7.10. The summed E-state index contributed by atoms with van der Waals surface area (Å²) in [5.74, 6) is -0.543. The zero-order valence-corrected chi connectivity index (χ0v) is 16.4. The van der Waals surface area contributed by atoms with E-state index in [2.05, 4.69) is 10.3 Å². The van der Waals surface area contributed by atoms with Gasteiger partial charge in [0.1, 0.15) is 0 Å². The van der Waals surface area contributed by atoms with Crippen LogP contribution >= 0.6 is 11.3 Å². The third-order valence-corrected chi connectivity index (χ3v) is 5.97. The molecular weight excluding hydrogens is 370 g/mol. The molecule has 1 aromatic carbocycles. The maximum absolute atomic E-state index is 13.0. The van der Waals surface area contributed by atoms with Crippen molar-refractivity contribution in [2.24, 2.45) is 5.92 Å². The van der Waals surface area contributed by atoms with Crippen LogP contribution in [-0.2, 0) is 16.1 Å². The molecular formula is C22H21N3O2S. The highest BCUT2D eigenvalue weighted by atomic mass is 32.1. The molecule has 1 aliphatic rings. The fraction of sp³-hybridized carbons (Fsp3) is 0.227. The van der Waals surface area contributed by atoms with Crippen LogP contribution in [0.4, 0.5) is 5.69 Å². The summed E-state index contributed by atoms with van der Waals surface area (Å²) in [4.78, 5) is 32.7. The van der Waals surface area contributed by atoms with Gasteiger partial charge in [0.2, 0.25) is 11.8 Å². The summed E-state index contributed by atoms with van der Waals surface area (Å²) in [6.07, 6.45) is 3.61. The first-order valence-electron chi connectivity index (χ1n) is 9.22. The predicted molar refractivity (Wildman–Crippen MR) is 110 cm³/mol. The quantitative estimate of drug-likeness (QED) is 0.718. The molecule has 0 saturated carbocycles. The minimum Gasteiger partial charge on any atom is -0.352 e. The second-order valence-electron chi connectivity index (χ2n) is 6.94. The molecule has 3 heterocycles. The summed E-state index contributed by atoms with van der Waals surface area (Å²) in [5.41, 5.74) is 2.95. The van der Waals surface area contributed by atoms with Crippen LogP contribution in [-0.4, -0.2) is 16.8 Å². The van der Waals surface area contributed by atoms with Gasteiger partial charge in [-0.2, -0.15) is 0 Å².